The maximum absolute atomic E-state index is 10.7. The smallest absolute Gasteiger partial charge is 0.186 e. The Labute approximate surface area is 65.6 Å². The summed E-state index contributed by atoms with van der Waals surface area (Å²) in [7, 11) is -2.01. The van der Waals surface area contributed by atoms with Gasteiger partial charge in [-0.3, -0.25) is 0 Å². The van der Waals surface area contributed by atoms with Crippen LogP contribution in [0.25, 0.3) is 0 Å². The molecule has 1 rings (SSSR count). The third-order valence-electron chi connectivity index (χ3n) is 1.25. The van der Waals surface area contributed by atoms with Gasteiger partial charge in [0.25, 0.3) is 0 Å². The molecular formula is C7H8ClOP. The van der Waals surface area contributed by atoms with Crippen molar-refractivity contribution in [2.24, 2.45) is 0 Å². The number of hydrogen-bond acceptors (Lipinski definition) is 1. The molecule has 0 spiro atoms. The standard InChI is InChI=1S/C7H8ClOP/c1-6-3-2-4-7(5-6)10(8)9/h2-5,10H,1H3. The molecule has 54 valence electrons. The molecule has 0 aromatic heterocycles. The minimum absolute atomic E-state index is 0.742. The van der Waals surface area contributed by atoms with E-state index in [1.165, 1.54) is 0 Å². The van der Waals surface area contributed by atoms with Gasteiger partial charge in [0.1, 0.15) is 0 Å². The molecule has 0 N–H and O–H groups in total. The van der Waals surface area contributed by atoms with Crippen molar-refractivity contribution in [2.75, 3.05) is 0 Å². The predicted molar refractivity (Wildman–Crippen MR) is 45.7 cm³/mol. The molecule has 0 bridgehead atoms. The van der Waals surface area contributed by atoms with Crippen LogP contribution in [0, 0.1) is 6.92 Å². The van der Waals surface area contributed by atoms with E-state index in [0.717, 1.165) is 10.9 Å². The summed E-state index contributed by atoms with van der Waals surface area (Å²) >= 11 is 5.42. The molecule has 1 unspecified atom stereocenters. The fraction of sp³-hybridized carbons (Fsp3) is 0.143. The van der Waals surface area contributed by atoms with Gasteiger partial charge >= 0.3 is 0 Å². The van der Waals surface area contributed by atoms with Crippen LogP contribution in [-0.2, 0) is 4.57 Å². The molecule has 0 amide bonds. The van der Waals surface area contributed by atoms with Crippen LogP contribution in [-0.4, -0.2) is 0 Å². The van der Waals surface area contributed by atoms with Gasteiger partial charge in [0, 0.05) is 5.30 Å². The minimum Gasteiger partial charge on any atom is -0.305 e. The van der Waals surface area contributed by atoms with E-state index >= 15 is 0 Å². The van der Waals surface area contributed by atoms with Crippen LogP contribution in [0.1, 0.15) is 5.56 Å². The van der Waals surface area contributed by atoms with Crippen molar-refractivity contribution in [3.8, 4) is 0 Å². The van der Waals surface area contributed by atoms with Gasteiger partial charge < -0.3 is 4.57 Å². The molecule has 0 aliphatic heterocycles. The number of hydrogen-bond donors (Lipinski definition) is 0. The molecule has 0 radical (unpaired) electrons. The van der Waals surface area contributed by atoms with Crippen LogP contribution in [0.5, 0.6) is 0 Å². The van der Waals surface area contributed by atoms with Gasteiger partial charge in [-0.15, -0.1) is 0 Å². The molecular weight excluding hydrogens is 167 g/mol. The third-order valence-corrected chi connectivity index (χ3v) is 2.66. The normalized spacial score (nSPS) is 13.0. The first-order valence-electron chi connectivity index (χ1n) is 2.96. The molecule has 0 fully saturated rings. The number of halogens is 1. The second-order valence-electron chi connectivity index (χ2n) is 2.14. The summed E-state index contributed by atoms with van der Waals surface area (Å²) in [6, 6.07) is 7.43. The molecule has 0 aliphatic carbocycles. The van der Waals surface area contributed by atoms with E-state index in [0.29, 0.717) is 0 Å². The summed E-state index contributed by atoms with van der Waals surface area (Å²) in [4.78, 5) is 0. The maximum Gasteiger partial charge on any atom is 0.186 e. The summed E-state index contributed by atoms with van der Waals surface area (Å²) in [6.07, 6.45) is 0. The molecule has 0 aliphatic rings. The van der Waals surface area contributed by atoms with E-state index < -0.39 is 7.15 Å². The predicted octanol–water partition coefficient (Wildman–Crippen LogP) is 2.33. The SMILES string of the molecule is Cc1cccc([PH](=O)Cl)c1. The molecule has 1 atom stereocenters. The Balaban J connectivity index is 3.07. The summed E-state index contributed by atoms with van der Waals surface area (Å²) in [5.74, 6) is 0. The molecule has 10 heavy (non-hydrogen) atoms. The first kappa shape index (κ1) is 7.84. The fourth-order valence-electron chi connectivity index (χ4n) is 0.767. The molecule has 0 heterocycles. The van der Waals surface area contributed by atoms with Crippen molar-refractivity contribution >= 4 is 23.7 Å². The van der Waals surface area contributed by atoms with Crippen LogP contribution in [0.4, 0.5) is 0 Å². The first-order chi connectivity index (χ1) is 4.70. The zero-order valence-electron chi connectivity index (χ0n) is 5.60. The van der Waals surface area contributed by atoms with Crippen LogP contribution in [0.3, 0.4) is 0 Å². The van der Waals surface area contributed by atoms with E-state index in [9.17, 15) is 4.57 Å². The lowest BCUT2D eigenvalue weighted by molar-refractivity contribution is 0.600. The van der Waals surface area contributed by atoms with Crippen molar-refractivity contribution in [2.45, 2.75) is 6.92 Å². The highest BCUT2D eigenvalue weighted by molar-refractivity contribution is 7.80. The second kappa shape index (κ2) is 3.23. The molecule has 1 aromatic rings. The minimum atomic E-state index is -2.01. The van der Waals surface area contributed by atoms with Gasteiger partial charge in [-0.05, 0) is 13.0 Å². The lowest BCUT2D eigenvalue weighted by Crippen LogP contribution is -1.92. The number of rotatable bonds is 1. The van der Waals surface area contributed by atoms with Gasteiger partial charge in [0.15, 0.2) is 7.15 Å². The van der Waals surface area contributed by atoms with E-state index in [1.54, 1.807) is 6.07 Å². The molecule has 3 heteroatoms. The molecule has 1 aromatic carbocycles. The van der Waals surface area contributed by atoms with Gasteiger partial charge in [-0.25, -0.2) is 0 Å². The van der Waals surface area contributed by atoms with Gasteiger partial charge in [0.2, 0.25) is 0 Å². The summed E-state index contributed by atoms with van der Waals surface area (Å²) < 4.78 is 10.7. The largest absolute Gasteiger partial charge is 0.305 e. The highest BCUT2D eigenvalue weighted by Crippen LogP contribution is 2.24. The Bertz CT molecular complexity index is 260. The van der Waals surface area contributed by atoms with E-state index in [2.05, 4.69) is 0 Å². The first-order valence-corrected chi connectivity index (χ1v) is 5.38. The van der Waals surface area contributed by atoms with Gasteiger partial charge in [0.05, 0.1) is 0 Å². The van der Waals surface area contributed by atoms with E-state index in [1.807, 2.05) is 25.1 Å². The Morgan fingerprint density at radius 2 is 2.20 bits per heavy atom. The average Bonchev–Trinajstić information content (AvgIpc) is 1.88. The summed E-state index contributed by atoms with van der Waals surface area (Å²) in [5, 5.41) is 0.742. The molecule has 0 saturated carbocycles. The van der Waals surface area contributed by atoms with Crippen molar-refractivity contribution in [1.82, 2.24) is 0 Å². The van der Waals surface area contributed by atoms with Crippen LogP contribution >= 0.6 is 18.4 Å². The highest BCUT2D eigenvalue weighted by atomic mass is 35.7. The maximum atomic E-state index is 10.7. The number of benzene rings is 1. The Morgan fingerprint density at radius 3 is 2.60 bits per heavy atom. The zero-order valence-corrected chi connectivity index (χ0v) is 7.35. The molecule has 1 nitrogen and oxygen atoms in total. The second-order valence-corrected chi connectivity index (χ2v) is 4.30. The third kappa shape index (κ3) is 1.86. The van der Waals surface area contributed by atoms with Gasteiger partial charge in [-0.2, -0.15) is 0 Å². The number of aryl methyl sites for hydroxylation is 1. The van der Waals surface area contributed by atoms with Crippen molar-refractivity contribution in [3.63, 3.8) is 0 Å². The lowest BCUT2D eigenvalue weighted by Gasteiger charge is -1.94. The van der Waals surface area contributed by atoms with Crippen LogP contribution < -0.4 is 5.30 Å². The van der Waals surface area contributed by atoms with E-state index in [4.69, 9.17) is 11.2 Å². The fourth-order valence-corrected chi connectivity index (χ4v) is 1.69. The Morgan fingerprint density at radius 1 is 1.50 bits per heavy atom. The topological polar surface area (TPSA) is 17.1 Å². The van der Waals surface area contributed by atoms with E-state index in [-0.39, 0.29) is 0 Å². The van der Waals surface area contributed by atoms with Crippen molar-refractivity contribution < 1.29 is 4.57 Å². The summed E-state index contributed by atoms with van der Waals surface area (Å²) in [5.41, 5.74) is 1.09. The monoisotopic (exact) mass is 174 g/mol. The Hall–Kier alpha value is -0.260. The zero-order chi connectivity index (χ0) is 7.56. The summed E-state index contributed by atoms with van der Waals surface area (Å²) in [6.45, 7) is 1.95. The molecule has 0 saturated heterocycles. The van der Waals surface area contributed by atoms with Gasteiger partial charge in [-0.1, -0.05) is 35.0 Å². The van der Waals surface area contributed by atoms with Crippen LogP contribution in [0.2, 0.25) is 0 Å². The average molecular weight is 175 g/mol. The van der Waals surface area contributed by atoms with Crippen LogP contribution in [0.15, 0.2) is 24.3 Å². The Kier molecular flexibility index (Phi) is 2.53. The quantitative estimate of drug-likeness (QED) is 0.598. The lowest BCUT2D eigenvalue weighted by atomic mass is 10.2. The highest BCUT2D eigenvalue weighted by Gasteiger charge is 1.96. The van der Waals surface area contributed by atoms with Crippen molar-refractivity contribution in [1.29, 1.82) is 0 Å². The van der Waals surface area contributed by atoms with Crippen molar-refractivity contribution in [3.05, 3.63) is 29.8 Å².